The maximum absolute atomic E-state index is 11.6. The number of nitrogens with zero attached hydrogens (tertiary/aromatic N) is 3. The zero-order valence-corrected chi connectivity index (χ0v) is 8.93. The van der Waals surface area contributed by atoms with Crippen LogP contribution < -0.4 is 11.2 Å². The van der Waals surface area contributed by atoms with E-state index in [1.54, 1.807) is 6.07 Å². The molecule has 6 heteroatoms. The van der Waals surface area contributed by atoms with Crippen molar-refractivity contribution >= 4 is 0 Å². The lowest BCUT2D eigenvalue weighted by molar-refractivity contribution is 0.388. The molecule has 0 saturated carbocycles. The molecule has 0 radical (unpaired) electrons. The van der Waals surface area contributed by atoms with Gasteiger partial charge < -0.3 is 4.90 Å². The van der Waals surface area contributed by atoms with Crippen molar-refractivity contribution in [2.45, 2.75) is 12.5 Å². The lowest BCUT2D eigenvalue weighted by atomic mass is 10.2. The topological polar surface area (TPSA) is 81.9 Å². The molecule has 0 bridgehead atoms. The van der Waals surface area contributed by atoms with Gasteiger partial charge in [0.05, 0.1) is 6.04 Å². The Morgan fingerprint density at radius 2 is 2.31 bits per heavy atom. The molecule has 1 aliphatic heterocycles. The molecule has 6 nitrogen and oxygen atoms in total. The first kappa shape index (κ1) is 10.6. The summed E-state index contributed by atoms with van der Waals surface area (Å²) in [5, 5.41) is 8.73. The van der Waals surface area contributed by atoms with Gasteiger partial charge in [-0.15, -0.1) is 0 Å². The molecule has 1 saturated heterocycles. The first-order chi connectivity index (χ1) is 7.61. The maximum Gasteiger partial charge on any atom is 0.328 e. The van der Waals surface area contributed by atoms with Gasteiger partial charge in [0.2, 0.25) is 0 Å². The Morgan fingerprint density at radius 3 is 2.88 bits per heavy atom. The Morgan fingerprint density at radius 1 is 1.56 bits per heavy atom. The molecule has 1 fully saturated rings. The summed E-state index contributed by atoms with van der Waals surface area (Å²) < 4.78 is 1.45. The van der Waals surface area contributed by atoms with Gasteiger partial charge in [0.1, 0.15) is 11.6 Å². The average Bonchev–Trinajstić information content (AvgIpc) is 2.65. The minimum atomic E-state index is -0.616. The van der Waals surface area contributed by atoms with E-state index in [4.69, 9.17) is 5.26 Å². The van der Waals surface area contributed by atoms with Crippen molar-refractivity contribution in [1.29, 1.82) is 5.26 Å². The van der Waals surface area contributed by atoms with Gasteiger partial charge in [0.15, 0.2) is 0 Å². The van der Waals surface area contributed by atoms with E-state index in [-0.39, 0.29) is 11.6 Å². The maximum atomic E-state index is 11.6. The monoisotopic (exact) mass is 220 g/mol. The van der Waals surface area contributed by atoms with E-state index in [0.29, 0.717) is 0 Å². The number of aromatic amines is 1. The molecule has 1 unspecified atom stereocenters. The summed E-state index contributed by atoms with van der Waals surface area (Å²) >= 11 is 0. The van der Waals surface area contributed by atoms with Crippen LogP contribution in [0.15, 0.2) is 15.8 Å². The van der Waals surface area contributed by atoms with Crippen molar-refractivity contribution in [3.05, 3.63) is 32.6 Å². The summed E-state index contributed by atoms with van der Waals surface area (Å²) in [6.07, 6.45) is 2.21. The number of likely N-dealkylation sites (tertiary alicyclic amines) is 1. The highest BCUT2D eigenvalue weighted by molar-refractivity contribution is 5.22. The summed E-state index contributed by atoms with van der Waals surface area (Å²) in [7, 11) is 1.97. The molecule has 1 aromatic heterocycles. The number of H-pyrrole nitrogens is 1. The van der Waals surface area contributed by atoms with Gasteiger partial charge >= 0.3 is 5.69 Å². The predicted octanol–water partition coefficient (Wildman–Crippen LogP) is -0.715. The summed E-state index contributed by atoms with van der Waals surface area (Å²) in [6.45, 7) is 1.68. The summed E-state index contributed by atoms with van der Waals surface area (Å²) in [6, 6.07) is 1.82. The number of nitriles is 1. The highest BCUT2D eigenvalue weighted by Gasteiger charge is 2.22. The van der Waals surface area contributed by atoms with Gasteiger partial charge in [-0.3, -0.25) is 14.3 Å². The van der Waals surface area contributed by atoms with E-state index in [2.05, 4.69) is 9.88 Å². The van der Waals surface area contributed by atoms with E-state index in [9.17, 15) is 9.59 Å². The number of hydrogen-bond donors (Lipinski definition) is 1. The molecule has 0 amide bonds. The number of nitrogens with one attached hydrogen (secondary N) is 1. The Bertz CT molecular complexity index is 551. The Balaban J connectivity index is 2.46. The summed E-state index contributed by atoms with van der Waals surface area (Å²) in [4.78, 5) is 27.0. The van der Waals surface area contributed by atoms with Gasteiger partial charge in [-0.1, -0.05) is 0 Å². The van der Waals surface area contributed by atoms with Crippen LogP contribution in [0.25, 0.3) is 0 Å². The van der Waals surface area contributed by atoms with Crippen LogP contribution in [0.2, 0.25) is 0 Å². The Hall–Kier alpha value is -1.87. The number of hydrogen-bond acceptors (Lipinski definition) is 4. The first-order valence-corrected chi connectivity index (χ1v) is 5.06. The number of aromatic nitrogens is 2. The summed E-state index contributed by atoms with van der Waals surface area (Å²) in [5.41, 5.74) is -1.08. The van der Waals surface area contributed by atoms with Crippen molar-refractivity contribution < 1.29 is 0 Å². The van der Waals surface area contributed by atoms with E-state index in [1.165, 1.54) is 10.8 Å². The molecule has 1 aliphatic rings. The molecule has 2 rings (SSSR count). The Labute approximate surface area is 91.7 Å². The summed E-state index contributed by atoms with van der Waals surface area (Å²) in [5.74, 6) is 0. The van der Waals surface area contributed by atoms with Crippen molar-refractivity contribution in [3.8, 4) is 6.07 Å². The van der Waals surface area contributed by atoms with Gasteiger partial charge in [0.25, 0.3) is 5.56 Å². The number of likely N-dealkylation sites (N-methyl/N-ethyl adjacent to an activating group) is 1. The van der Waals surface area contributed by atoms with Crippen LogP contribution in [0.1, 0.15) is 18.0 Å². The van der Waals surface area contributed by atoms with E-state index in [0.717, 1.165) is 19.5 Å². The fraction of sp³-hybridized carbons (Fsp3) is 0.500. The largest absolute Gasteiger partial charge is 0.328 e. The van der Waals surface area contributed by atoms with Crippen LogP contribution in [-0.4, -0.2) is 34.6 Å². The zero-order chi connectivity index (χ0) is 11.7. The molecular weight excluding hydrogens is 208 g/mol. The van der Waals surface area contributed by atoms with Crippen molar-refractivity contribution in [2.75, 3.05) is 20.1 Å². The third kappa shape index (κ3) is 1.77. The second kappa shape index (κ2) is 3.94. The van der Waals surface area contributed by atoms with Gasteiger partial charge in [-0.2, -0.15) is 5.26 Å². The second-order valence-corrected chi connectivity index (χ2v) is 4.03. The van der Waals surface area contributed by atoms with Gasteiger partial charge in [-0.25, -0.2) is 4.79 Å². The minimum Gasteiger partial charge on any atom is -0.304 e. The van der Waals surface area contributed by atoms with Crippen molar-refractivity contribution in [2.24, 2.45) is 0 Å². The second-order valence-electron chi connectivity index (χ2n) is 4.03. The van der Waals surface area contributed by atoms with Crippen molar-refractivity contribution in [1.82, 2.24) is 14.5 Å². The first-order valence-electron chi connectivity index (χ1n) is 5.06. The minimum absolute atomic E-state index is 0.0193. The smallest absolute Gasteiger partial charge is 0.304 e. The van der Waals surface area contributed by atoms with E-state index >= 15 is 0 Å². The van der Waals surface area contributed by atoms with Gasteiger partial charge in [0, 0.05) is 12.7 Å². The van der Waals surface area contributed by atoms with Crippen LogP contribution in [0, 0.1) is 11.3 Å². The van der Waals surface area contributed by atoms with Crippen LogP contribution in [0.5, 0.6) is 0 Å². The van der Waals surface area contributed by atoms with E-state index in [1.807, 2.05) is 7.05 Å². The Kier molecular flexibility index (Phi) is 2.62. The molecule has 1 aromatic rings. The fourth-order valence-electron chi connectivity index (χ4n) is 1.98. The van der Waals surface area contributed by atoms with Crippen LogP contribution in [0.3, 0.4) is 0 Å². The lowest BCUT2D eigenvalue weighted by Gasteiger charge is -2.13. The highest BCUT2D eigenvalue weighted by atomic mass is 16.2. The molecule has 0 aliphatic carbocycles. The molecule has 0 aromatic carbocycles. The standard InChI is InChI=1S/C10H12N4O2/c1-13-3-2-8(6-13)14-5-7(4-11)9(15)12-10(14)16/h5,8H,2-3,6H2,1H3,(H,12,15,16). The SMILES string of the molecule is CN1CCC(n2cc(C#N)c(=O)[nH]c2=O)C1. The van der Waals surface area contributed by atoms with Crippen LogP contribution in [-0.2, 0) is 0 Å². The predicted molar refractivity (Wildman–Crippen MR) is 57.2 cm³/mol. The molecule has 1 N–H and O–H groups in total. The molecule has 0 spiro atoms. The molecular formula is C10H12N4O2. The molecule has 1 atom stereocenters. The van der Waals surface area contributed by atoms with Crippen LogP contribution in [0.4, 0.5) is 0 Å². The third-order valence-electron chi connectivity index (χ3n) is 2.85. The van der Waals surface area contributed by atoms with Crippen molar-refractivity contribution in [3.63, 3.8) is 0 Å². The van der Waals surface area contributed by atoms with Gasteiger partial charge in [-0.05, 0) is 20.0 Å². The quantitative estimate of drug-likeness (QED) is 0.677. The van der Waals surface area contributed by atoms with Crippen LogP contribution >= 0.6 is 0 Å². The normalized spacial score (nSPS) is 20.9. The molecule has 16 heavy (non-hydrogen) atoms. The van der Waals surface area contributed by atoms with E-state index < -0.39 is 11.2 Å². The average molecular weight is 220 g/mol. The lowest BCUT2D eigenvalue weighted by Crippen LogP contribution is -2.34. The third-order valence-corrected chi connectivity index (χ3v) is 2.85. The number of rotatable bonds is 1. The zero-order valence-electron chi connectivity index (χ0n) is 8.93. The fourth-order valence-corrected chi connectivity index (χ4v) is 1.98. The highest BCUT2D eigenvalue weighted by Crippen LogP contribution is 2.17. The molecule has 2 heterocycles. The molecule has 84 valence electrons.